The van der Waals surface area contributed by atoms with Gasteiger partial charge in [-0.25, -0.2) is 5.43 Å². The molecule has 0 aliphatic heterocycles. The summed E-state index contributed by atoms with van der Waals surface area (Å²) in [7, 11) is 3.92. The molecule has 0 radical (unpaired) electrons. The van der Waals surface area contributed by atoms with E-state index in [1.54, 1.807) is 0 Å². The van der Waals surface area contributed by atoms with Crippen LogP contribution in [0.3, 0.4) is 0 Å². The number of rotatable bonds is 5. The van der Waals surface area contributed by atoms with Crippen LogP contribution in [-0.4, -0.2) is 28.9 Å². The van der Waals surface area contributed by atoms with Crippen LogP contribution >= 0.6 is 11.6 Å². The number of halogens is 1. The first kappa shape index (κ1) is 12.5. The van der Waals surface area contributed by atoms with Crippen molar-refractivity contribution in [3.63, 3.8) is 0 Å². The number of aromatic nitrogens is 2. The molecule has 86 valence electrons. The molecule has 0 aliphatic rings. The Morgan fingerprint density at radius 2 is 2.07 bits per heavy atom. The number of hydrogen-bond donors (Lipinski definition) is 1. The summed E-state index contributed by atoms with van der Waals surface area (Å²) in [6.07, 6.45) is 0.876. The molecular formula is C10H19ClN4. The van der Waals surface area contributed by atoms with Crippen molar-refractivity contribution < 1.29 is 0 Å². The van der Waals surface area contributed by atoms with Crippen molar-refractivity contribution in [2.75, 3.05) is 14.1 Å². The van der Waals surface area contributed by atoms with Crippen LogP contribution in [0.25, 0.3) is 0 Å². The molecule has 1 aromatic rings. The molecule has 4 nitrogen and oxygen atoms in total. The molecule has 0 unspecified atom stereocenters. The summed E-state index contributed by atoms with van der Waals surface area (Å²) in [5.74, 6) is 0. The Bertz CT molecular complexity index is 319. The van der Waals surface area contributed by atoms with E-state index in [0.29, 0.717) is 6.54 Å². The largest absolute Gasteiger partial charge is 0.267 e. The summed E-state index contributed by atoms with van der Waals surface area (Å²) in [6, 6.07) is 0. The van der Waals surface area contributed by atoms with Crippen LogP contribution in [0.2, 0.25) is 5.02 Å². The third-order valence-electron chi connectivity index (χ3n) is 2.26. The maximum absolute atomic E-state index is 6.25. The van der Waals surface area contributed by atoms with Crippen molar-refractivity contribution >= 4 is 11.6 Å². The fourth-order valence-electron chi connectivity index (χ4n) is 1.42. The van der Waals surface area contributed by atoms with E-state index in [4.69, 9.17) is 11.6 Å². The van der Waals surface area contributed by atoms with E-state index in [9.17, 15) is 0 Å². The minimum absolute atomic E-state index is 0.715. The Morgan fingerprint density at radius 1 is 1.40 bits per heavy atom. The molecule has 0 amide bonds. The van der Waals surface area contributed by atoms with E-state index in [0.717, 1.165) is 29.4 Å². The van der Waals surface area contributed by atoms with E-state index in [1.165, 1.54) is 0 Å². The Labute approximate surface area is 96.2 Å². The number of nitrogens with one attached hydrogen (secondary N) is 1. The first-order valence-electron chi connectivity index (χ1n) is 5.25. The van der Waals surface area contributed by atoms with E-state index in [1.807, 2.05) is 23.8 Å². The summed E-state index contributed by atoms with van der Waals surface area (Å²) < 4.78 is 1.96. The van der Waals surface area contributed by atoms with Crippen molar-refractivity contribution in [1.82, 2.24) is 20.2 Å². The molecule has 1 heterocycles. The van der Waals surface area contributed by atoms with Crippen LogP contribution in [0, 0.1) is 0 Å². The maximum Gasteiger partial charge on any atom is 0.0863 e. The lowest BCUT2D eigenvalue weighted by Gasteiger charge is -2.12. The minimum Gasteiger partial charge on any atom is -0.267 e. The molecule has 1 rings (SSSR count). The standard InChI is InChI=1S/C10H19ClN4/c1-5-8-10(11)9(7-12-14(3)4)15(6-2)13-8/h12H,5-7H2,1-4H3. The van der Waals surface area contributed by atoms with Crippen molar-refractivity contribution in [3.05, 3.63) is 16.4 Å². The van der Waals surface area contributed by atoms with Gasteiger partial charge in [0.1, 0.15) is 0 Å². The van der Waals surface area contributed by atoms with Gasteiger partial charge < -0.3 is 0 Å². The quantitative estimate of drug-likeness (QED) is 0.782. The van der Waals surface area contributed by atoms with Crippen LogP contribution < -0.4 is 5.43 Å². The zero-order valence-electron chi connectivity index (χ0n) is 9.84. The van der Waals surface area contributed by atoms with Crippen LogP contribution in [0.5, 0.6) is 0 Å². The lowest BCUT2D eigenvalue weighted by molar-refractivity contribution is 0.281. The summed E-state index contributed by atoms with van der Waals surface area (Å²) in [5.41, 5.74) is 5.24. The Balaban J connectivity index is 2.88. The SMILES string of the molecule is CCc1nn(CC)c(CNN(C)C)c1Cl. The fourth-order valence-corrected chi connectivity index (χ4v) is 1.75. The number of hydrazine groups is 1. The molecule has 1 N–H and O–H groups in total. The lowest BCUT2D eigenvalue weighted by Crippen LogP contribution is -2.30. The van der Waals surface area contributed by atoms with E-state index < -0.39 is 0 Å². The van der Waals surface area contributed by atoms with Crippen molar-refractivity contribution in [3.8, 4) is 0 Å². The highest BCUT2D eigenvalue weighted by Gasteiger charge is 2.13. The van der Waals surface area contributed by atoms with Gasteiger partial charge in [-0.1, -0.05) is 18.5 Å². The highest BCUT2D eigenvalue weighted by atomic mass is 35.5. The third-order valence-corrected chi connectivity index (χ3v) is 2.69. The third kappa shape index (κ3) is 2.93. The van der Waals surface area contributed by atoms with Gasteiger partial charge in [0.2, 0.25) is 0 Å². The van der Waals surface area contributed by atoms with Gasteiger partial charge in [0, 0.05) is 20.6 Å². The highest BCUT2D eigenvalue weighted by molar-refractivity contribution is 6.31. The molecule has 5 heteroatoms. The normalized spacial score (nSPS) is 11.3. The average molecular weight is 231 g/mol. The molecule has 1 aromatic heterocycles. The molecule has 0 atom stereocenters. The van der Waals surface area contributed by atoms with E-state index in [-0.39, 0.29) is 0 Å². The second-order valence-corrected chi connectivity index (χ2v) is 3.98. The first-order chi connectivity index (χ1) is 7.10. The summed E-state index contributed by atoms with van der Waals surface area (Å²) >= 11 is 6.25. The van der Waals surface area contributed by atoms with Crippen LogP contribution in [0.4, 0.5) is 0 Å². The van der Waals surface area contributed by atoms with Crippen LogP contribution in [0.15, 0.2) is 0 Å². The second-order valence-electron chi connectivity index (χ2n) is 3.61. The molecule has 0 spiro atoms. The second kappa shape index (κ2) is 5.49. The smallest absolute Gasteiger partial charge is 0.0863 e. The van der Waals surface area contributed by atoms with Crippen LogP contribution in [0.1, 0.15) is 25.2 Å². The Kier molecular flexibility index (Phi) is 4.57. The summed E-state index contributed by atoms with van der Waals surface area (Å²) in [5, 5.41) is 7.16. The number of aryl methyl sites for hydroxylation is 2. The molecule has 15 heavy (non-hydrogen) atoms. The molecule has 0 aromatic carbocycles. The van der Waals surface area contributed by atoms with Gasteiger partial charge in [0.15, 0.2) is 0 Å². The fraction of sp³-hybridized carbons (Fsp3) is 0.700. The highest BCUT2D eigenvalue weighted by Crippen LogP contribution is 2.21. The molecule has 0 saturated heterocycles. The van der Waals surface area contributed by atoms with Crippen molar-refractivity contribution in [2.45, 2.75) is 33.4 Å². The van der Waals surface area contributed by atoms with Gasteiger partial charge >= 0.3 is 0 Å². The van der Waals surface area contributed by atoms with Gasteiger partial charge in [-0.2, -0.15) is 5.10 Å². The van der Waals surface area contributed by atoms with E-state index in [2.05, 4.69) is 24.4 Å². The zero-order chi connectivity index (χ0) is 11.4. The maximum atomic E-state index is 6.25. The predicted molar refractivity (Wildman–Crippen MR) is 62.8 cm³/mol. The van der Waals surface area contributed by atoms with Gasteiger partial charge in [0.05, 0.1) is 23.0 Å². The van der Waals surface area contributed by atoms with Gasteiger partial charge in [0.25, 0.3) is 0 Å². The number of nitrogens with zero attached hydrogens (tertiary/aromatic N) is 3. The molecular weight excluding hydrogens is 212 g/mol. The first-order valence-corrected chi connectivity index (χ1v) is 5.62. The van der Waals surface area contributed by atoms with Crippen molar-refractivity contribution in [2.24, 2.45) is 0 Å². The molecule has 0 aliphatic carbocycles. The Morgan fingerprint density at radius 3 is 2.53 bits per heavy atom. The van der Waals surface area contributed by atoms with Crippen molar-refractivity contribution in [1.29, 1.82) is 0 Å². The topological polar surface area (TPSA) is 33.1 Å². The number of hydrogen-bond acceptors (Lipinski definition) is 3. The molecule has 0 saturated carbocycles. The minimum atomic E-state index is 0.715. The molecule has 0 bridgehead atoms. The molecule has 0 fully saturated rings. The monoisotopic (exact) mass is 230 g/mol. The lowest BCUT2D eigenvalue weighted by atomic mass is 10.3. The predicted octanol–water partition coefficient (Wildman–Crippen LogP) is 1.68. The van der Waals surface area contributed by atoms with E-state index >= 15 is 0 Å². The Hall–Kier alpha value is -0.580. The zero-order valence-corrected chi connectivity index (χ0v) is 10.6. The van der Waals surface area contributed by atoms with Gasteiger partial charge in [-0.3, -0.25) is 9.69 Å². The van der Waals surface area contributed by atoms with Gasteiger partial charge in [-0.05, 0) is 13.3 Å². The summed E-state index contributed by atoms with van der Waals surface area (Å²) in [4.78, 5) is 0. The van der Waals surface area contributed by atoms with Crippen LogP contribution in [-0.2, 0) is 19.5 Å². The van der Waals surface area contributed by atoms with Gasteiger partial charge in [-0.15, -0.1) is 0 Å². The summed E-state index contributed by atoms with van der Waals surface area (Å²) in [6.45, 7) is 5.70. The average Bonchev–Trinajstić information content (AvgIpc) is 2.51.